The third kappa shape index (κ3) is 6.59. The predicted molar refractivity (Wildman–Crippen MR) is 151 cm³/mol. The molecule has 4 N–H and O–H groups in total. The van der Waals surface area contributed by atoms with Gasteiger partial charge in [0, 0.05) is 29.6 Å². The minimum absolute atomic E-state index is 0.0207. The maximum Gasteiger partial charge on any atom is 0.239 e. The summed E-state index contributed by atoms with van der Waals surface area (Å²) < 4.78 is 1.45. The quantitative estimate of drug-likeness (QED) is 0.261. The average molecular weight is 513 g/mol. The monoisotopic (exact) mass is 512 g/mol. The van der Waals surface area contributed by atoms with Gasteiger partial charge in [0.1, 0.15) is 12.4 Å². The Bertz CT molecular complexity index is 1420. The molecular weight excluding hydrogens is 476 g/mol. The molecule has 9 heteroatoms. The molecule has 38 heavy (non-hydrogen) atoms. The van der Waals surface area contributed by atoms with Gasteiger partial charge in [-0.1, -0.05) is 45.4 Å². The van der Waals surface area contributed by atoms with E-state index in [0.29, 0.717) is 28.8 Å². The summed E-state index contributed by atoms with van der Waals surface area (Å²) >= 11 is 0. The van der Waals surface area contributed by atoms with Gasteiger partial charge in [-0.3, -0.25) is 14.5 Å². The molecule has 0 radical (unpaired) electrons. The number of anilines is 1. The van der Waals surface area contributed by atoms with Crippen molar-refractivity contribution in [1.82, 2.24) is 24.7 Å². The average Bonchev–Trinajstić information content (AvgIpc) is 3.65. The standard InChI is InChI=1S/C24H24N8O.C5H12/c1-14-20(9-25)29-24(18-11-28-32(12-18)13-21(26)33)31-23(14)30-22(15-6-7-15)17-8-16-4-2-3-5-19(16)27-10-17;1-4-5(2)3/h2-5,8-12,15,22,25H,6-7,13H2,1H3,(H2,26,33)(H,29,30,31);5H,4H2,1-3H3/t22-;/m1./s1. The van der Waals surface area contributed by atoms with E-state index in [2.05, 4.69) is 53.3 Å². The molecule has 0 aliphatic heterocycles. The maximum absolute atomic E-state index is 11.2. The highest BCUT2D eigenvalue weighted by molar-refractivity contribution is 5.81. The summed E-state index contributed by atoms with van der Waals surface area (Å²) in [5.74, 6) is 2.01. The number of aromatic nitrogens is 5. The molecule has 198 valence electrons. The Balaban J connectivity index is 0.000000617. The summed E-state index contributed by atoms with van der Waals surface area (Å²) in [5.41, 5.74) is 9.32. The molecule has 1 atom stereocenters. The van der Waals surface area contributed by atoms with Crippen LogP contribution in [-0.2, 0) is 11.3 Å². The number of nitrogens with one attached hydrogen (secondary N) is 2. The number of nitrogens with zero attached hydrogens (tertiary/aromatic N) is 5. The van der Waals surface area contributed by atoms with Crippen molar-refractivity contribution in [2.45, 2.75) is 59.5 Å². The second-order valence-electron chi connectivity index (χ2n) is 10.2. The van der Waals surface area contributed by atoms with Crippen LogP contribution in [0.25, 0.3) is 22.3 Å². The largest absolute Gasteiger partial charge is 0.368 e. The second-order valence-corrected chi connectivity index (χ2v) is 10.2. The molecule has 1 aliphatic rings. The van der Waals surface area contributed by atoms with E-state index in [4.69, 9.17) is 16.1 Å². The molecule has 5 rings (SSSR count). The number of rotatable bonds is 9. The van der Waals surface area contributed by atoms with Gasteiger partial charge < -0.3 is 16.5 Å². The molecule has 0 saturated heterocycles. The topological polar surface area (TPSA) is 135 Å². The molecule has 0 spiro atoms. The van der Waals surface area contributed by atoms with Crippen molar-refractivity contribution >= 4 is 28.8 Å². The molecule has 4 aromatic rings. The van der Waals surface area contributed by atoms with Crippen LogP contribution in [0.1, 0.15) is 62.9 Å². The minimum atomic E-state index is -0.478. The number of carbonyl (C=O) groups is 1. The second kappa shape index (κ2) is 11.9. The molecule has 0 unspecified atom stereocenters. The molecular formula is C29H36N8O. The molecule has 1 amide bonds. The van der Waals surface area contributed by atoms with Crippen LogP contribution in [0.15, 0.2) is 48.9 Å². The fourth-order valence-corrected chi connectivity index (χ4v) is 3.98. The van der Waals surface area contributed by atoms with Crippen molar-refractivity contribution in [3.05, 3.63) is 65.7 Å². The molecule has 1 saturated carbocycles. The number of primary amides is 1. The van der Waals surface area contributed by atoms with Gasteiger partial charge in [-0.15, -0.1) is 0 Å². The molecule has 1 aliphatic carbocycles. The van der Waals surface area contributed by atoms with Crippen LogP contribution >= 0.6 is 0 Å². The van der Waals surface area contributed by atoms with Crippen molar-refractivity contribution in [2.75, 3.05) is 5.32 Å². The summed E-state index contributed by atoms with van der Waals surface area (Å²) in [7, 11) is 0. The Morgan fingerprint density at radius 3 is 2.63 bits per heavy atom. The zero-order chi connectivity index (χ0) is 27.2. The number of amides is 1. The van der Waals surface area contributed by atoms with Crippen LogP contribution in [0.5, 0.6) is 0 Å². The highest BCUT2D eigenvalue weighted by Gasteiger charge is 2.33. The van der Waals surface area contributed by atoms with E-state index >= 15 is 0 Å². The number of hydrogen-bond donors (Lipinski definition) is 3. The van der Waals surface area contributed by atoms with Crippen molar-refractivity contribution in [2.24, 2.45) is 17.6 Å². The summed E-state index contributed by atoms with van der Waals surface area (Å²) in [6, 6.07) is 10.3. The Morgan fingerprint density at radius 1 is 1.24 bits per heavy atom. The van der Waals surface area contributed by atoms with E-state index in [0.717, 1.165) is 40.8 Å². The van der Waals surface area contributed by atoms with E-state index in [1.54, 1.807) is 12.4 Å². The Kier molecular flexibility index (Phi) is 8.45. The normalized spacial score (nSPS) is 13.6. The van der Waals surface area contributed by atoms with Crippen molar-refractivity contribution in [1.29, 1.82) is 5.41 Å². The van der Waals surface area contributed by atoms with Crippen LogP contribution in [0.4, 0.5) is 5.82 Å². The zero-order valence-corrected chi connectivity index (χ0v) is 22.5. The molecule has 3 aromatic heterocycles. The minimum Gasteiger partial charge on any atom is -0.368 e. The zero-order valence-electron chi connectivity index (χ0n) is 22.5. The van der Waals surface area contributed by atoms with Crippen molar-refractivity contribution in [3.63, 3.8) is 0 Å². The van der Waals surface area contributed by atoms with Crippen LogP contribution in [0, 0.1) is 24.2 Å². The van der Waals surface area contributed by atoms with Crippen molar-refractivity contribution in [3.8, 4) is 11.4 Å². The molecule has 3 heterocycles. The first-order valence-electron chi connectivity index (χ1n) is 13.1. The lowest BCUT2D eigenvalue weighted by molar-refractivity contribution is -0.118. The number of carbonyl (C=O) groups excluding carboxylic acids is 1. The van der Waals surface area contributed by atoms with Gasteiger partial charge in [0.25, 0.3) is 0 Å². The summed E-state index contributed by atoms with van der Waals surface area (Å²) in [4.78, 5) is 25.1. The van der Waals surface area contributed by atoms with Crippen LogP contribution < -0.4 is 11.1 Å². The third-order valence-corrected chi connectivity index (χ3v) is 6.70. The number of nitrogens with two attached hydrogens (primary N) is 1. The summed E-state index contributed by atoms with van der Waals surface area (Å²) in [6.45, 7) is 8.53. The lowest BCUT2D eigenvalue weighted by Gasteiger charge is -2.21. The first kappa shape index (κ1) is 26.9. The van der Waals surface area contributed by atoms with E-state index in [1.807, 2.05) is 31.3 Å². The Hall–Kier alpha value is -4.14. The van der Waals surface area contributed by atoms with Crippen LogP contribution in [0.2, 0.25) is 0 Å². The number of hydrogen-bond acceptors (Lipinski definition) is 7. The molecule has 1 aromatic carbocycles. The van der Waals surface area contributed by atoms with Gasteiger partial charge >= 0.3 is 0 Å². The summed E-state index contributed by atoms with van der Waals surface area (Å²) in [5, 5.41) is 16.7. The fourth-order valence-electron chi connectivity index (χ4n) is 3.98. The maximum atomic E-state index is 11.2. The predicted octanol–water partition coefficient (Wildman–Crippen LogP) is 5.30. The van der Waals surface area contributed by atoms with Crippen LogP contribution in [-0.4, -0.2) is 36.9 Å². The van der Waals surface area contributed by atoms with Gasteiger partial charge in [0.2, 0.25) is 5.91 Å². The van der Waals surface area contributed by atoms with E-state index in [1.165, 1.54) is 17.3 Å². The molecule has 0 bridgehead atoms. The number of para-hydroxylation sites is 1. The van der Waals surface area contributed by atoms with E-state index < -0.39 is 5.91 Å². The van der Waals surface area contributed by atoms with Gasteiger partial charge in [-0.05, 0) is 49.3 Å². The first-order valence-corrected chi connectivity index (χ1v) is 13.1. The number of fused-ring (bicyclic) bond motifs is 1. The Morgan fingerprint density at radius 2 is 1.97 bits per heavy atom. The van der Waals surface area contributed by atoms with Gasteiger partial charge in [0.15, 0.2) is 5.82 Å². The van der Waals surface area contributed by atoms with Gasteiger partial charge in [-0.2, -0.15) is 5.10 Å². The fraction of sp³-hybridized carbons (Fsp3) is 0.379. The number of pyridine rings is 1. The van der Waals surface area contributed by atoms with E-state index in [9.17, 15) is 4.79 Å². The van der Waals surface area contributed by atoms with Crippen molar-refractivity contribution < 1.29 is 4.79 Å². The smallest absolute Gasteiger partial charge is 0.239 e. The summed E-state index contributed by atoms with van der Waals surface area (Å²) in [6.07, 6.45) is 10.0. The lowest BCUT2D eigenvalue weighted by atomic mass is 10.0. The Labute approximate surface area is 223 Å². The first-order chi connectivity index (χ1) is 18.3. The SMILES string of the molecule is CCC(C)C.Cc1c(C=N)nc(-c2cnn(CC(N)=O)c2)nc1N[C@@H](c1cnc2ccccc2c1)C1CC1. The highest BCUT2D eigenvalue weighted by atomic mass is 16.1. The lowest BCUT2D eigenvalue weighted by Crippen LogP contribution is -2.18. The molecule has 1 fully saturated rings. The van der Waals surface area contributed by atoms with Gasteiger partial charge in [0.05, 0.1) is 29.0 Å². The van der Waals surface area contributed by atoms with E-state index in [-0.39, 0.29) is 12.6 Å². The highest BCUT2D eigenvalue weighted by Crippen LogP contribution is 2.43. The van der Waals surface area contributed by atoms with Crippen LogP contribution in [0.3, 0.4) is 0 Å². The third-order valence-electron chi connectivity index (χ3n) is 6.70. The molecule has 9 nitrogen and oxygen atoms in total. The number of benzene rings is 1. The van der Waals surface area contributed by atoms with Gasteiger partial charge in [-0.25, -0.2) is 9.97 Å².